The highest BCUT2D eigenvalue weighted by Gasteiger charge is 2.10. The van der Waals surface area contributed by atoms with Crippen LogP contribution in [0.2, 0.25) is 0 Å². The van der Waals surface area contributed by atoms with Crippen molar-refractivity contribution in [3.63, 3.8) is 0 Å². The van der Waals surface area contributed by atoms with Gasteiger partial charge in [-0.15, -0.1) is 11.3 Å². The lowest BCUT2D eigenvalue weighted by atomic mass is 10.2. The Morgan fingerprint density at radius 3 is 2.74 bits per heavy atom. The van der Waals surface area contributed by atoms with Crippen LogP contribution in [0.3, 0.4) is 0 Å². The molecule has 0 fully saturated rings. The number of rotatable bonds is 6. The van der Waals surface area contributed by atoms with E-state index in [0.717, 1.165) is 9.75 Å². The molecule has 1 rings (SSSR count). The quantitative estimate of drug-likeness (QED) is 0.674. The number of thiophene rings is 1. The first-order valence-electron chi connectivity index (χ1n) is 5.95. The van der Waals surface area contributed by atoms with Crippen LogP contribution in [-0.2, 0) is 16.8 Å². The summed E-state index contributed by atoms with van der Waals surface area (Å²) < 4.78 is 28.2. The first kappa shape index (κ1) is 16.1. The summed E-state index contributed by atoms with van der Waals surface area (Å²) in [4.78, 5) is 1.80. The molecule has 0 amide bonds. The van der Waals surface area contributed by atoms with Crippen molar-refractivity contribution in [2.45, 2.75) is 20.4 Å². The van der Waals surface area contributed by atoms with Gasteiger partial charge >= 0.3 is 0 Å². The molecule has 0 aliphatic rings. The molecule has 106 valence electrons. The second-order valence-corrected chi connectivity index (χ2v) is 7.09. The molecular formula is C12H19N3O2S2. The highest BCUT2D eigenvalue weighted by Crippen LogP contribution is 2.15. The van der Waals surface area contributed by atoms with Crippen molar-refractivity contribution in [2.24, 2.45) is 11.7 Å². The lowest BCUT2D eigenvalue weighted by Crippen LogP contribution is -2.37. The molecule has 0 atom stereocenters. The van der Waals surface area contributed by atoms with Crippen LogP contribution in [0.1, 0.15) is 23.6 Å². The van der Waals surface area contributed by atoms with Gasteiger partial charge in [0.2, 0.25) is 0 Å². The Labute approximate surface area is 118 Å². The zero-order chi connectivity index (χ0) is 14.3. The summed E-state index contributed by atoms with van der Waals surface area (Å²) in [6, 6.07) is 3.72. The summed E-state index contributed by atoms with van der Waals surface area (Å²) in [6.07, 6.45) is 0. The molecule has 5 nitrogen and oxygen atoms in total. The molecule has 1 aromatic rings. The SMILES string of the molecule is CC(C)CNS(=O)(=O)NCc1ccc(C#CCN)s1. The molecule has 1 heterocycles. The van der Waals surface area contributed by atoms with Crippen molar-refractivity contribution < 1.29 is 8.42 Å². The lowest BCUT2D eigenvalue weighted by Gasteiger charge is -2.09. The van der Waals surface area contributed by atoms with Gasteiger partial charge in [0.15, 0.2) is 0 Å². The van der Waals surface area contributed by atoms with Crippen molar-refractivity contribution >= 4 is 21.5 Å². The molecular weight excluding hydrogens is 282 g/mol. The van der Waals surface area contributed by atoms with Crippen molar-refractivity contribution in [3.05, 3.63) is 21.9 Å². The Kier molecular flexibility index (Phi) is 6.48. The van der Waals surface area contributed by atoms with Crippen molar-refractivity contribution in [1.29, 1.82) is 0 Å². The summed E-state index contributed by atoms with van der Waals surface area (Å²) in [5, 5.41) is 0. The largest absolute Gasteiger partial charge is 0.320 e. The summed E-state index contributed by atoms with van der Waals surface area (Å²) in [5.41, 5.74) is 5.29. The molecule has 0 spiro atoms. The molecule has 0 aromatic carbocycles. The number of hydrogen-bond acceptors (Lipinski definition) is 4. The molecule has 0 aliphatic heterocycles. The zero-order valence-corrected chi connectivity index (χ0v) is 12.7. The monoisotopic (exact) mass is 301 g/mol. The minimum atomic E-state index is -3.43. The summed E-state index contributed by atoms with van der Waals surface area (Å²) in [5.74, 6) is 5.95. The highest BCUT2D eigenvalue weighted by atomic mass is 32.2. The molecule has 7 heteroatoms. The van der Waals surface area contributed by atoms with E-state index in [-0.39, 0.29) is 12.5 Å². The topological polar surface area (TPSA) is 84.2 Å². The average Bonchev–Trinajstić information content (AvgIpc) is 2.80. The third kappa shape index (κ3) is 6.71. The van der Waals surface area contributed by atoms with E-state index in [1.807, 2.05) is 26.0 Å². The summed E-state index contributed by atoms with van der Waals surface area (Å²) >= 11 is 1.45. The third-order valence-corrected chi connectivity index (χ3v) is 4.17. The summed E-state index contributed by atoms with van der Waals surface area (Å²) in [6.45, 7) is 4.91. The van der Waals surface area contributed by atoms with Crippen LogP contribution >= 0.6 is 11.3 Å². The molecule has 0 saturated heterocycles. The molecule has 0 aliphatic carbocycles. The van der Waals surface area contributed by atoms with E-state index in [9.17, 15) is 8.42 Å². The fourth-order valence-corrected chi connectivity index (χ4v) is 3.09. The Hall–Kier alpha value is -0.910. The Morgan fingerprint density at radius 2 is 2.11 bits per heavy atom. The Balaban J connectivity index is 2.50. The molecule has 0 bridgehead atoms. The Morgan fingerprint density at radius 1 is 1.37 bits per heavy atom. The van der Waals surface area contributed by atoms with E-state index in [1.54, 1.807) is 0 Å². The molecule has 4 N–H and O–H groups in total. The van der Waals surface area contributed by atoms with Gasteiger partial charge in [-0.25, -0.2) is 4.72 Å². The maximum Gasteiger partial charge on any atom is 0.277 e. The molecule has 0 saturated carbocycles. The van der Waals surface area contributed by atoms with E-state index < -0.39 is 10.2 Å². The van der Waals surface area contributed by atoms with Gasteiger partial charge in [0.05, 0.1) is 11.4 Å². The second kappa shape index (κ2) is 7.62. The minimum Gasteiger partial charge on any atom is -0.320 e. The van der Waals surface area contributed by atoms with Crippen molar-refractivity contribution in [3.8, 4) is 11.8 Å². The fraction of sp³-hybridized carbons (Fsp3) is 0.500. The zero-order valence-electron chi connectivity index (χ0n) is 11.1. The van der Waals surface area contributed by atoms with Crippen LogP contribution in [0.5, 0.6) is 0 Å². The van der Waals surface area contributed by atoms with Crippen LogP contribution in [0.15, 0.2) is 12.1 Å². The molecule has 19 heavy (non-hydrogen) atoms. The predicted molar refractivity (Wildman–Crippen MR) is 78.9 cm³/mol. The second-order valence-electron chi connectivity index (χ2n) is 4.34. The van der Waals surface area contributed by atoms with Gasteiger partial charge in [0.1, 0.15) is 0 Å². The van der Waals surface area contributed by atoms with E-state index >= 15 is 0 Å². The van der Waals surface area contributed by atoms with Crippen LogP contribution in [-0.4, -0.2) is 21.5 Å². The lowest BCUT2D eigenvalue weighted by molar-refractivity contribution is 0.547. The number of hydrogen-bond donors (Lipinski definition) is 3. The normalized spacial score (nSPS) is 11.4. The molecule has 1 aromatic heterocycles. The first-order valence-corrected chi connectivity index (χ1v) is 8.25. The van der Waals surface area contributed by atoms with Crippen molar-refractivity contribution in [1.82, 2.24) is 9.44 Å². The van der Waals surface area contributed by atoms with Gasteiger partial charge in [-0.2, -0.15) is 13.1 Å². The van der Waals surface area contributed by atoms with Crippen molar-refractivity contribution in [2.75, 3.05) is 13.1 Å². The Bertz CT molecular complexity index is 553. The van der Waals surface area contributed by atoms with Crippen LogP contribution in [0.4, 0.5) is 0 Å². The number of nitrogens with two attached hydrogens (primary N) is 1. The minimum absolute atomic E-state index is 0.266. The smallest absolute Gasteiger partial charge is 0.277 e. The fourth-order valence-electron chi connectivity index (χ4n) is 1.17. The maximum absolute atomic E-state index is 11.6. The highest BCUT2D eigenvalue weighted by molar-refractivity contribution is 7.87. The van der Waals surface area contributed by atoms with Gasteiger partial charge in [-0.05, 0) is 18.1 Å². The van der Waals surface area contributed by atoms with E-state index in [4.69, 9.17) is 5.73 Å². The molecule has 0 unspecified atom stereocenters. The van der Waals surface area contributed by atoms with E-state index in [2.05, 4.69) is 21.3 Å². The average molecular weight is 301 g/mol. The first-order chi connectivity index (χ1) is 8.93. The predicted octanol–water partition coefficient (Wildman–Crippen LogP) is 0.638. The standard InChI is InChI=1S/C12H19N3O2S2/c1-10(2)8-14-19(16,17)15-9-12-6-5-11(18-12)4-3-7-13/h5-6,10,14-15H,7-9,13H2,1-2H3. The van der Waals surface area contributed by atoms with Gasteiger partial charge < -0.3 is 5.73 Å². The van der Waals surface area contributed by atoms with E-state index in [1.165, 1.54) is 11.3 Å². The van der Waals surface area contributed by atoms with Gasteiger partial charge in [0.25, 0.3) is 10.2 Å². The number of nitrogens with one attached hydrogen (secondary N) is 2. The van der Waals surface area contributed by atoms with E-state index in [0.29, 0.717) is 13.1 Å². The van der Waals surface area contributed by atoms with Crippen LogP contribution in [0, 0.1) is 17.8 Å². The van der Waals surface area contributed by atoms with Gasteiger partial charge in [0, 0.05) is 18.0 Å². The maximum atomic E-state index is 11.6. The van der Waals surface area contributed by atoms with Crippen LogP contribution in [0.25, 0.3) is 0 Å². The van der Waals surface area contributed by atoms with Crippen LogP contribution < -0.4 is 15.2 Å². The van der Waals surface area contributed by atoms with Gasteiger partial charge in [-0.1, -0.05) is 25.7 Å². The molecule has 0 radical (unpaired) electrons. The third-order valence-electron chi connectivity index (χ3n) is 2.09. The summed E-state index contributed by atoms with van der Waals surface area (Å²) in [7, 11) is -3.43. The van der Waals surface area contributed by atoms with Gasteiger partial charge in [-0.3, -0.25) is 0 Å².